The van der Waals surface area contributed by atoms with E-state index in [1.165, 1.54) is 25.0 Å². The van der Waals surface area contributed by atoms with Crippen molar-refractivity contribution in [1.82, 2.24) is 25.8 Å². The highest BCUT2D eigenvalue weighted by Gasteiger charge is 2.33. The van der Waals surface area contributed by atoms with Crippen molar-refractivity contribution in [3.8, 4) is 0 Å². The van der Waals surface area contributed by atoms with Crippen LogP contribution in [0.4, 0.5) is 0 Å². The fourth-order valence-electron chi connectivity index (χ4n) is 3.69. The number of amides is 2. The zero-order chi connectivity index (χ0) is 20.6. The fourth-order valence-corrected chi connectivity index (χ4v) is 3.69. The van der Waals surface area contributed by atoms with Gasteiger partial charge in [0.15, 0.2) is 0 Å². The molecule has 1 aliphatic heterocycles. The van der Waals surface area contributed by atoms with Crippen LogP contribution in [0.25, 0.3) is 0 Å². The molecule has 29 heavy (non-hydrogen) atoms. The monoisotopic (exact) mass is 395 g/mol. The van der Waals surface area contributed by atoms with E-state index in [4.69, 9.17) is 0 Å². The van der Waals surface area contributed by atoms with E-state index in [0.29, 0.717) is 0 Å². The predicted molar refractivity (Wildman–Crippen MR) is 112 cm³/mol. The van der Waals surface area contributed by atoms with E-state index in [-0.39, 0.29) is 23.9 Å². The Morgan fingerprint density at radius 3 is 2.10 bits per heavy atom. The first-order valence-corrected chi connectivity index (χ1v) is 9.94. The van der Waals surface area contributed by atoms with Gasteiger partial charge in [0.2, 0.25) is 11.8 Å². The van der Waals surface area contributed by atoms with Crippen molar-refractivity contribution < 1.29 is 9.59 Å². The summed E-state index contributed by atoms with van der Waals surface area (Å²) in [6.45, 7) is 6.77. The number of nitrogens with zero attached hydrogens (tertiary/aromatic N) is 2. The molecule has 154 valence electrons. The van der Waals surface area contributed by atoms with Crippen LogP contribution >= 0.6 is 0 Å². The van der Waals surface area contributed by atoms with Crippen LogP contribution in [0.1, 0.15) is 30.7 Å². The van der Waals surface area contributed by atoms with Crippen LogP contribution in [0.2, 0.25) is 0 Å². The van der Waals surface area contributed by atoms with E-state index in [0.717, 1.165) is 38.4 Å². The number of hydrogen-bond acceptors (Lipinski definition) is 5. The Kier molecular flexibility index (Phi) is 7.32. The van der Waals surface area contributed by atoms with Crippen LogP contribution in [0.15, 0.2) is 48.7 Å². The van der Waals surface area contributed by atoms with Crippen molar-refractivity contribution in [2.24, 2.45) is 0 Å². The molecule has 7 heteroatoms. The number of likely N-dealkylation sites (tertiary alicyclic amines) is 1. The SMILES string of the molecule is CC(=O)NC1CN(Cc2ccc(CNCc3ccccn3)cc2)CC1NC(C)=O. The minimum absolute atomic E-state index is 0.0635. The average Bonchev–Trinajstić information content (AvgIpc) is 3.03. The summed E-state index contributed by atoms with van der Waals surface area (Å²) in [5, 5.41) is 9.31. The number of nitrogens with one attached hydrogen (secondary N) is 3. The Morgan fingerprint density at radius 2 is 1.55 bits per heavy atom. The fraction of sp³-hybridized carbons (Fsp3) is 0.409. The maximum atomic E-state index is 11.5. The second-order valence-electron chi connectivity index (χ2n) is 7.55. The summed E-state index contributed by atoms with van der Waals surface area (Å²) in [6.07, 6.45) is 1.80. The first kappa shape index (κ1) is 21.0. The van der Waals surface area contributed by atoms with Gasteiger partial charge in [-0.1, -0.05) is 30.3 Å². The van der Waals surface area contributed by atoms with Crippen molar-refractivity contribution >= 4 is 11.8 Å². The first-order valence-electron chi connectivity index (χ1n) is 9.94. The molecule has 1 aromatic carbocycles. The summed E-state index contributed by atoms with van der Waals surface area (Å²) in [4.78, 5) is 29.5. The lowest BCUT2D eigenvalue weighted by Crippen LogP contribution is -2.49. The molecular formula is C22H29N5O2. The molecule has 0 saturated carbocycles. The number of aromatic nitrogens is 1. The molecule has 2 atom stereocenters. The van der Waals surface area contributed by atoms with Crippen LogP contribution in [0.3, 0.4) is 0 Å². The molecule has 2 heterocycles. The first-order chi connectivity index (χ1) is 14.0. The van der Waals surface area contributed by atoms with Gasteiger partial charge in [0, 0.05) is 52.8 Å². The Morgan fingerprint density at radius 1 is 0.931 bits per heavy atom. The Labute approximate surface area is 171 Å². The Hall–Kier alpha value is -2.77. The molecule has 3 N–H and O–H groups in total. The van der Waals surface area contributed by atoms with E-state index in [1.807, 2.05) is 18.2 Å². The summed E-state index contributed by atoms with van der Waals surface area (Å²) in [7, 11) is 0. The van der Waals surface area contributed by atoms with Crippen molar-refractivity contribution in [3.05, 3.63) is 65.5 Å². The molecule has 3 rings (SSSR count). The van der Waals surface area contributed by atoms with Gasteiger partial charge in [-0.25, -0.2) is 0 Å². The van der Waals surface area contributed by atoms with Crippen molar-refractivity contribution in [2.45, 2.75) is 45.6 Å². The normalized spacial score (nSPS) is 19.1. The molecule has 0 aliphatic carbocycles. The molecule has 0 spiro atoms. The molecule has 1 aromatic heterocycles. The van der Waals surface area contributed by atoms with E-state index >= 15 is 0 Å². The largest absolute Gasteiger partial charge is 0.350 e. The van der Waals surface area contributed by atoms with Crippen LogP contribution in [0.5, 0.6) is 0 Å². The highest BCUT2D eigenvalue weighted by molar-refractivity contribution is 5.75. The third-order valence-electron chi connectivity index (χ3n) is 4.96. The van der Waals surface area contributed by atoms with Gasteiger partial charge < -0.3 is 16.0 Å². The zero-order valence-electron chi connectivity index (χ0n) is 17.0. The highest BCUT2D eigenvalue weighted by atomic mass is 16.2. The van der Waals surface area contributed by atoms with E-state index in [2.05, 4.69) is 50.1 Å². The van der Waals surface area contributed by atoms with Crippen molar-refractivity contribution in [2.75, 3.05) is 13.1 Å². The van der Waals surface area contributed by atoms with Gasteiger partial charge in [-0.3, -0.25) is 19.5 Å². The van der Waals surface area contributed by atoms with E-state index in [1.54, 1.807) is 6.20 Å². The number of benzene rings is 1. The average molecular weight is 396 g/mol. The molecule has 7 nitrogen and oxygen atoms in total. The number of carbonyl (C=O) groups excluding carboxylic acids is 2. The van der Waals surface area contributed by atoms with Gasteiger partial charge in [-0.05, 0) is 23.3 Å². The quantitative estimate of drug-likeness (QED) is 0.625. The number of hydrogen-bond donors (Lipinski definition) is 3. The predicted octanol–water partition coefficient (Wildman–Crippen LogP) is 1.20. The van der Waals surface area contributed by atoms with Gasteiger partial charge in [0.25, 0.3) is 0 Å². The second kappa shape index (κ2) is 10.1. The van der Waals surface area contributed by atoms with Gasteiger partial charge in [0.05, 0.1) is 17.8 Å². The second-order valence-corrected chi connectivity index (χ2v) is 7.55. The molecule has 2 amide bonds. The lowest BCUT2D eigenvalue weighted by atomic mass is 10.1. The topological polar surface area (TPSA) is 86.4 Å². The number of rotatable bonds is 8. The Balaban J connectivity index is 1.49. The maximum Gasteiger partial charge on any atom is 0.217 e. The molecule has 1 aliphatic rings. The lowest BCUT2D eigenvalue weighted by molar-refractivity contribution is -0.122. The third-order valence-corrected chi connectivity index (χ3v) is 4.96. The van der Waals surface area contributed by atoms with Gasteiger partial charge in [-0.2, -0.15) is 0 Å². The van der Waals surface area contributed by atoms with Gasteiger partial charge >= 0.3 is 0 Å². The molecular weight excluding hydrogens is 366 g/mol. The highest BCUT2D eigenvalue weighted by Crippen LogP contribution is 2.15. The molecule has 1 fully saturated rings. The standard InChI is InChI=1S/C22H29N5O2/c1-16(28)25-21-14-27(15-22(21)26-17(2)29)13-19-8-6-18(7-9-19)11-23-12-20-5-3-4-10-24-20/h3-10,21-23H,11-15H2,1-2H3,(H,25,28)(H,26,29). The van der Waals surface area contributed by atoms with Gasteiger partial charge in [-0.15, -0.1) is 0 Å². The molecule has 0 radical (unpaired) electrons. The van der Waals surface area contributed by atoms with E-state index in [9.17, 15) is 9.59 Å². The van der Waals surface area contributed by atoms with Gasteiger partial charge in [0.1, 0.15) is 0 Å². The van der Waals surface area contributed by atoms with Crippen LogP contribution in [0, 0.1) is 0 Å². The number of carbonyl (C=O) groups is 2. The summed E-state index contributed by atoms with van der Waals surface area (Å²) in [5.74, 6) is -0.149. The van der Waals surface area contributed by atoms with Crippen LogP contribution < -0.4 is 16.0 Å². The third kappa shape index (κ3) is 6.66. The minimum atomic E-state index is -0.0743. The smallest absolute Gasteiger partial charge is 0.217 e. The number of pyridine rings is 1. The minimum Gasteiger partial charge on any atom is -0.350 e. The van der Waals surface area contributed by atoms with Crippen molar-refractivity contribution in [3.63, 3.8) is 0 Å². The van der Waals surface area contributed by atoms with Crippen LogP contribution in [-0.2, 0) is 29.2 Å². The summed E-state index contributed by atoms with van der Waals surface area (Å²) >= 11 is 0. The van der Waals surface area contributed by atoms with E-state index < -0.39 is 0 Å². The summed E-state index contributed by atoms with van der Waals surface area (Å²) in [6, 6.07) is 14.3. The molecule has 2 aromatic rings. The summed E-state index contributed by atoms with van der Waals surface area (Å²) < 4.78 is 0. The lowest BCUT2D eigenvalue weighted by Gasteiger charge is -2.19. The van der Waals surface area contributed by atoms with Crippen molar-refractivity contribution in [1.29, 1.82) is 0 Å². The molecule has 1 saturated heterocycles. The summed E-state index contributed by atoms with van der Waals surface area (Å²) in [5.41, 5.74) is 3.46. The zero-order valence-corrected chi connectivity index (χ0v) is 17.0. The molecule has 0 bridgehead atoms. The Bertz CT molecular complexity index is 786. The van der Waals surface area contributed by atoms with Crippen LogP contribution in [-0.4, -0.2) is 46.9 Å². The molecule has 2 unspecified atom stereocenters. The maximum absolute atomic E-state index is 11.5.